The lowest BCUT2D eigenvalue weighted by Crippen LogP contribution is -2.30. The highest BCUT2D eigenvalue weighted by Gasteiger charge is 2.19. The van der Waals surface area contributed by atoms with E-state index in [4.69, 9.17) is 14.2 Å². The number of hydrogen-bond acceptors (Lipinski definition) is 6. The van der Waals surface area contributed by atoms with Crippen molar-refractivity contribution in [1.29, 1.82) is 0 Å². The SMILES string of the molecule is CCCCCCCCCCCCCCCCCCC(=O)O[C@@H](COC(=O)CCCCCCCCCCCCC)COC(=O)CCCCCCCCCCCCCC(C)C. The summed E-state index contributed by atoms with van der Waals surface area (Å²) >= 11 is 0. The van der Waals surface area contributed by atoms with E-state index >= 15 is 0 Å². The predicted octanol–water partition coefficient (Wildman–Crippen LogP) is 17.1. The first-order valence-corrected chi connectivity index (χ1v) is 26.4. The van der Waals surface area contributed by atoms with Gasteiger partial charge in [0.25, 0.3) is 0 Å². The van der Waals surface area contributed by atoms with Crippen LogP contribution in [0, 0.1) is 5.92 Å². The van der Waals surface area contributed by atoms with Crippen LogP contribution in [0.3, 0.4) is 0 Å². The summed E-state index contributed by atoms with van der Waals surface area (Å²) in [6, 6.07) is 0. The molecule has 0 radical (unpaired) electrons. The van der Waals surface area contributed by atoms with Crippen molar-refractivity contribution >= 4 is 17.9 Å². The average molecular weight is 835 g/mol. The fourth-order valence-electron chi connectivity index (χ4n) is 8.04. The molecule has 0 saturated carbocycles. The molecule has 0 aliphatic carbocycles. The first-order chi connectivity index (χ1) is 28.9. The van der Waals surface area contributed by atoms with Crippen molar-refractivity contribution in [2.75, 3.05) is 13.2 Å². The molecule has 0 heterocycles. The Kier molecular flexibility index (Phi) is 46.2. The van der Waals surface area contributed by atoms with Crippen molar-refractivity contribution in [1.82, 2.24) is 0 Å². The van der Waals surface area contributed by atoms with E-state index < -0.39 is 6.10 Å². The summed E-state index contributed by atoms with van der Waals surface area (Å²) in [5, 5.41) is 0. The molecule has 0 rings (SSSR count). The van der Waals surface area contributed by atoms with Crippen LogP contribution < -0.4 is 0 Å². The Bertz CT molecular complexity index is 887. The van der Waals surface area contributed by atoms with Crippen molar-refractivity contribution in [2.24, 2.45) is 5.92 Å². The van der Waals surface area contributed by atoms with E-state index in [9.17, 15) is 14.4 Å². The minimum Gasteiger partial charge on any atom is -0.462 e. The Morgan fingerprint density at radius 3 is 0.831 bits per heavy atom. The van der Waals surface area contributed by atoms with Gasteiger partial charge in [0.05, 0.1) is 0 Å². The lowest BCUT2D eigenvalue weighted by Gasteiger charge is -2.18. The molecule has 0 aliphatic rings. The van der Waals surface area contributed by atoms with Crippen LogP contribution in [0.2, 0.25) is 0 Å². The third kappa shape index (κ3) is 47.3. The molecular weight excluding hydrogens is 733 g/mol. The summed E-state index contributed by atoms with van der Waals surface area (Å²) in [5.74, 6) is -0.0165. The summed E-state index contributed by atoms with van der Waals surface area (Å²) in [5.41, 5.74) is 0. The standard InChI is InChI=1S/C53H102O6/c1-5-7-9-11-13-15-17-18-19-20-21-25-30-34-38-42-46-53(56)59-50(47-57-51(54)44-40-36-32-28-23-16-14-12-10-8-6-2)48-58-52(55)45-41-37-33-29-26-22-24-27-31-35-39-43-49(3)4/h49-50H,5-48H2,1-4H3/t50-/m0/s1. The highest BCUT2D eigenvalue weighted by atomic mass is 16.6. The molecule has 0 bridgehead atoms. The summed E-state index contributed by atoms with van der Waals surface area (Å²) in [7, 11) is 0. The summed E-state index contributed by atoms with van der Waals surface area (Å²) in [6.07, 6.45) is 49.4. The van der Waals surface area contributed by atoms with Gasteiger partial charge in [0.1, 0.15) is 13.2 Å². The molecule has 0 aliphatic heterocycles. The number of rotatable bonds is 48. The molecular formula is C53H102O6. The fourth-order valence-corrected chi connectivity index (χ4v) is 8.04. The largest absolute Gasteiger partial charge is 0.462 e. The Balaban J connectivity index is 4.30. The summed E-state index contributed by atoms with van der Waals surface area (Å²) in [6.45, 7) is 9.02. The van der Waals surface area contributed by atoms with Crippen molar-refractivity contribution in [3.63, 3.8) is 0 Å². The normalized spacial score (nSPS) is 11.9. The zero-order valence-corrected chi connectivity index (χ0v) is 40.2. The van der Waals surface area contributed by atoms with E-state index in [0.29, 0.717) is 19.3 Å². The van der Waals surface area contributed by atoms with Crippen molar-refractivity contribution in [3.05, 3.63) is 0 Å². The summed E-state index contributed by atoms with van der Waals surface area (Å²) in [4.78, 5) is 37.9. The smallest absolute Gasteiger partial charge is 0.306 e. The van der Waals surface area contributed by atoms with Crippen molar-refractivity contribution < 1.29 is 28.6 Å². The lowest BCUT2D eigenvalue weighted by atomic mass is 10.0. The van der Waals surface area contributed by atoms with Crippen molar-refractivity contribution in [3.8, 4) is 0 Å². The van der Waals surface area contributed by atoms with E-state index in [1.807, 2.05) is 0 Å². The monoisotopic (exact) mass is 835 g/mol. The van der Waals surface area contributed by atoms with E-state index in [1.165, 1.54) is 193 Å². The van der Waals surface area contributed by atoms with E-state index in [-0.39, 0.29) is 31.1 Å². The van der Waals surface area contributed by atoms with E-state index in [1.54, 1.807) is 0 Å². The van der Waals surface area contributed by atoms with Crippen LogP contribution in [0.4, 0.5) is 0 Å². The van der Waals surface area contributed by atoms with Crippen LogP contribution in [0.15, 0.2) is 0 Å². The highest BCUT2D eigenvalue weighted by Crippen LogP contribution is 2.17. The van der Waals surface area contributed by atoms with Crippen LogP contribution in [0.1, 0.15) is 297 Å². The number of carbonyl (C=O) groups is 3. The molecule has 0 fully saturated rings. The molecule has 0 N–H and O–H groups in total. The molecule has 59 heavy (non-hydrogen) atoms. The second-order valence-corrected chi connectivity index (χ2v) is 18.6. The maximum atomic E-state index is 12.8. The van der Waals surface area contributed by atoms with Gasteiger partial charge >= 0.3 is 17.9 Å². The van der Waals surface area contributed by atoms with Gasteiger partial charge in [0, 0.05) is 19.3 Å². The molecule has 1 atom stereocenters. The maximum absolute atomic E-state index is 12.8. The third-order valence-electron chi connectivity index (χ3n) is 12.0. The Labute approximate surface area is 368 Å². The van der Waals surface area contributed by atoms with Crippen LogP contribution in [0.5, 0.6) is 0 Å². The van der Waals surface area contributed by atoms with Crippen LogP contribution in [-0.4, -0.2) is 37.2 Å². The van der Waals surface area contributed by atoms with Gasteiger partial charge in [-0.25, -0.2) is 0 Å². The Morgan fingerprint density at radius 1 is 0.322 bits per heavy atom. The molecule has 0 aromatic rings. The Morgan fingerprint density at radius 2 is 0.559 bits per heavy atom. The first-order valence-electron chi connectivity index (χ1n) is 26.4. The van der Waals surface area contributed by atoms with Gasteiger partial charge in [-0.2, -0.15) is 0 Å². The number of carbonyl (C=O) groups excluding carboxylic acids is 3. The highest BCUT2D eigenvalue weighted by molar-refractivity contribution is 5.71. The quantitative estimate of drug-likeness (QED) is 0.0345. The van der Waals surface area contributed by atoms with Gasteiger partial charge in [-0.05, 0) is 25.2 Å². The zero-order chi connectivity index (χ0) is 43.1. The number of unbranched alkanes of at least 4 members (excludes halogenated alkanes) is 35. The second kappa shape index (κ2) is 47.5. The average Bonchev–Trinajstić information content (AvgIpc) is 3.22. The minimum absolute atomic E-state index is 0.0627. The van der Waals surface area contributed by atoms with Gasteiger partial charge in [0.15, 0.2) is 6.10 Å². The number of hydrogen-bond donors (Lipinski definition) is 0. The predicted molar refractivity (Wildman–Crippen MR) is 252 cm³/mol. The van der Waals surface area contributed by atoms with Gasteiger partial charge in [-0.1, -0.05) is 259 Å². The number of esters is 3. The van der Waals surface area contributed by atoms with Crippen LogP contribution >= 0.6 is 0 Å². The molecule has 0 amide bonds. The molecule has 0 aromatic heterocycles. The first kappa shape index (κ1) is 57.4. The van der Waals surface area contributed by atoms with E-state index in [2.05, 4.69) is 27.7 Å². The van der Waals surface area contributed by atoms with Gasteiger partial charge < -0.3 is 14.2 Å². The van der Waals surface area contributed by atoms with E-state index in [0.717, 1.165) is 63.7 Å². The molecule has 6 nitrogen and oxygen atoms in total. The second-order valence-electron chi connectivity index (χ2n) is 18.6. The van der Waals surface area contributed by atoms with Gasteiger partial charge in [-0.3, -0.25) is 14.4 Å². The maximum Gasteiger partial charge on any atom is 0.306 e. The molecule has 6 heteroatoms. The van der Waals surface area contributed by atoms with Crippen molar-refractivity contribution in [2.45, 2.75) is 303 Å². The van der Waals surface area contributed by atoms with Gasteiger partial charge in [0.2, 0.25) is 0 Å². The lowest BCUT2D eigenvalue weighted by molar-refractivity contribution is -0.167. The van der Waals surface area contributed by atoms with Crippen LogP contribution in [-0.2, 0) is 28.6 Å². The third-order valence-corrected chi connectivity index (χ3v) is 12.0. The molecule has 0 spiro atoms. The van der Waals surface area contributed by atoms with Crippen LogP contribution in [0.25, 0.3) is 0 Å². The summed E-state index contributed by atoms with van der Waals surface area (Å²) < 4.78 is 16.8. The molecule has 0 unspecified atom stereocenters. The number of ether oxygens (including phenoxy) is 3. The zero-order valence-electron chi connectivity index (χ0n) is 40.2. The molecule has 0 saturated heterocycles. The molecule has 0 aromatic carbocycles. The Hall–Kier alpha value is -1.59. The van der Waals surface area contributed by atoms with Gasteiger partial charge in [-0.15, -0.1) is 0 Å². The fraction of sp³-hybridized carbons (Fsp3) is 0.943. The topological polar surface area (TPSA) is 78.9 Å². The molecule has 350 valence electrons. The minimum atomic E-state index is -0.760.